The average molecular weight is 224 g/mol. The number of halogens is 1. The van der Waals surface area contributed by atoms with Crippen LogP contribution >= 0.6 is 0 Å². The number of likely N-dealkylation sites (N-methyl/N-ethyl adjacent to an activating group) is 1. The molecule has 0 amide bonds. The van der Waals surface area contributed by atoms with Crippen molar-refractivity contribution in [2.24, 2.45) is 5.73 Å². The van der Waals surface area contributed by atoms with Gasteiger partial charge in [0.05, 0.1) is 18.8 Å². The van der Waals surface area contributed by atoms with E-state index in [4.69, 9.17) is 10.5 Å². The van der Waals surface area contributed by atoms with Crippen LogP contribution < -0.4 is 5.73 Å². The molecule has 0 aromatic heterocycles. The molecule has 0 spiro atoms. The van der Waals surface area contributed by atoms with Gasteiger partial charge in [0.1, 0.15) is 5.82 Å². The molecule has 4 heteroatoms. The average Bonchev–Trinajstić information content (AvgIpc) is 2.30. The number of hydrogen-bond donors (Lipinski definition) is 1. The Morgan fingerprint density at radius 2 is 2.12 bits per heavy atom. The summed E-state index contributed by atoms with van der Waals surface area (Å²) in [6.07, 6.45) is -0.00999. The molecule has 3 nitrogen and oxygen atoms in total. The van der Waals surface area contributed by atoms with Gasteiger partial charge in [0.25, 0.3) is 0 Å². The maximum atomic E-state index is 12.9. The van der Waals surface area contributed by atoms with Crippen LogP contribution in [0.25, 0.3) is 0 Å². The summed E-state index contributed by atoms with van der Waals surface area (Å²) >= 11 is 0. The lowest BCUT2D eigenvalue weighted by atomic mass is 9.98. The van der Waals surface area contributed by atoms with Crippen molar-refractivity contribution in [2.75, 3.05) is 26.7 Å². The number of nitrogens with two attached hydrogens (primary N) is 1. The van der Waals surface area contributed by atoms with Crippen LogP contribution in [0.3, 0.4) is 0 Å². The van der Waals surface area contributed by atoms with E-state index in [1.54, 1.807) is 12.1 Å². The van der Waals surface area contributed by atoms with Crippen molar-refractivity contribution in [3.63, 3.8) is 0 Å². The Morgan fingerprint density at radius 3 is 2.75 bits per heavy atom. The van der Waals surface area contributed by atoms with Crippen LogP contribution in [0.5, 0.6) is 0 Å². The molecular weight excluding hydrogens is 207 g/mol. The van der Waals surface area contributed by atoms with E-state index in [0.29, 0.717) is 13.2 Å². The molecule has 2 unspecified atom stereocenters. The third-order valence-electron chi connectivity index (χ3n) is 3.05. The topological polar surface area (TPSA) is 38.5 Å². The van der Waals surface area contributed by atoms with E-state index in [-0.39, 0.29) is 18.0 Å². The largest absolute Gasteiger partial charge is 0.374 e. The quantitative estimate of drug-likeness (QED) is 0.819. The fraction of sp³-hybridized carbons (Fsp3) is 0.500. The maximum Gasteiger partial charge on any atom is 0.123 e. The van der Waals surface area contributed by atoms with E-state index < -0.39 is 0 Å². The van der Waals surface area contributed by atoms with Gasteiger partial charge in [0.2, 0.25) is 0 Å². The van der Waals surface area contributed by atoms with E-state index in [0.717, 1.165) is 12.1 Å². The molecular formula is C12H17FN2O. The normalized spacial score (nSPS) is 26.9. The van der Waals surface area contributed by atoms with E-state index >= 15 is 0 Å². The van der Waals surface area contributed by atoms with Crippen LogP contribution in [0.15, 0.2) is 24.3 Å². The first-order valence-corrected chi connectivity index (χ1v) is 5.49. The highest BCUT2D eigenvalue weighted by Crippen LogP contribution is 2.27. The zero-order valence-corrected chi connectivity index (χ0v) is 9.40. The van der Waals surface area contributed by atoms with Crippen molar-refractivity contribution in [1.82, 2.24) is 4.90 Å². The van der Waals surface area contributed by atoms with E-state index in [2.05, 4.69) is 4.90 Å². The number of benzene rings is 1. The summed E-state index contributed by atoms with van der Waals surface area (Å²) in [6, 6.07) is 6.68. The Morgan fingerprint density at radius 1 is 1.44 bits per heavy atom. The molecule has 1 saturated heterocycles. The molecule has 1 heterocycles. The Hall–Kier alpha value is -0.970. The summed E-state index contributed by atoms with van der Waals surface area (Å²) in [5.41, 5.74) is 6.75. The molecule has 1 aromatic rings. The van der Waals surface area contributed by atoms with Gasteiger partial charge in [-0.25, -0.2) is 4.39 Å². The number of ether oxygens (including phenoxy) is 1. The van der Waals surface area contributed by atoms with Crippen LogP contribution in [0.1, 0.15) is 11.6 Å². The third-order valence-corrected chi connectivity index (χ3v) is 3.05. The first-order chi connectivity index (χ1) is 7.72. The van der Waals surface area contributed by atoms with Crippen LogP contribution in [0.4, 0.5) is 4.39 Å². The van der Waals surface area contributed by atoms with Crippen molar-refractivity contribution < 1.29 is 9.13 Å². The minimum Gasteiger partial charge on any atom is -0.374 e. The highest BCUT2D eigenvalue weighted by atomic mass is 19.1. The molecule has 2 N–H and O–H groups in total. The zero-order valence-electron chi connectivity index (χ0n) is 9.40. The fourth-order valence-electron chi connectivity index (χ4n) is 2.19. The Kier molecular flexibility index (Phi) is 3.53. The smallest absolute Gasteiger partial charge is 0.123 e. The standard InChI is InChI=1S/C12H17FN2O/c1-15-6-7-16-11(8-14)12(15)9-2-4-10(13)5-3-9/h2-5,11-12H,6-8,14H2,1H3. The SMILES string of the molecule is CN1CCOC(CN)C1c1ccc(F)cc1. The van der Waals surface area contributed by atoms with E-state index in [1.165, 1.54) is 12.1 Å². The molecule has 1 fully saturated rings. The predicted molar refractivity (Wildman–Crippen MR) is 60.6 cm³/mol. The third kappa shape index (κ3) is 2.24. The molecule has 0 saturated carbocycles. The van der Waals surface area contributed by atoms with Gasteiger partial charge in [-0.05, 0) is 24.7 Å². The number of nitrogens with zero attached hydrogens (tertiary/aromatic N) is 1. The molecule has 16 heavy (non-hydrogen) atoms. The monoisotopic (exact) mass is 224 g/mol. The molecule has 0 bridgehead atoms. The van der Waals surface area contributed by atoms with E-state index in [1.807, 2.05) is 7.05 Å². The molecule has 2 atom stereocenters. The first-order valence-electron chi connectivity index (χ1n) is 5.49. The van der Waals surface area contributed by atoms with Crippen molar-refractivity contribution in [3.8, 4) is 0 Å². The molecule has 0 radical (unpaired) electrons. The van der Waals surface area contributed by atoms with Gasteiger partial charge in [-0.1, -0.05) is 12.1 Å². The molecule has 0 aliphatic carbocycles. The highest BCUT2D eigenvalue weighted by molar-refractivity contribution is 5.21. The minimum atomic E-state index is -0.215. The Labute approximate surface area is 95.0 Å². The number of rotatable bonds is 2. The van der Waals surface area contributed by atoms with Crippen molar-refractivity contribution in [3.05, 3.63) is 35.6 Å². The van der Waals surface area contributed by atoms with Crippen LogP contribution in [-0.2, 0) is 4.74 Å². The second-order valence-corrected chi connectivity index (χ2v) is 4.12. The minimum absolute atomic E-state index is 0.00999. The lowest BCUT2D eigenvalue weighted by Crippen LogP contribution is -2.46. The van der Waals surface area contributed by atoms with Crippen molar-refractivity contribution in [1.29, 1.82) is 0 Å². The summed E-state index contributed by atoms with van der Waals surface area (Å²) in [6.45, 7) is 2.06. The maximum absolute atomic E-state index is 12.9. The van der Waals surface area contributed by atoms with E-state index in [9.17, 15) is 4.39 Å². The summed E-state index contributed by atoms with van der Waals surface area (Å²) in [4.78, 5) is 2.20. The predicted octanol–water partition coefficient (Wildman–Crippen LogP) is 1.16. The summed E-state index contributed by atoms with van der Waals surface area (Å²) < 4.78 is 18.5. The molecule has 1 aliphatic heterocycles. The lowest BCUT2D eigenvalue weighted by molar-refractivity contribution is -0.0576. The fourth-order valence-corrected chi connectivity index (χ4v) is 2.19. The molecule has 1 aromatic carbocycles. The van der Waals surface area contributed by atoms with Gasteiger partial charge < -0.3 is 10.5 Å². The summed E-state index contributed by atoms with van der Waals surface area (Å²) in [5, 5.41) is 0. The number of morpholine rings is 1. The lowest BCUT2D eigenvalue weighted by Gasteiger charge is -2.38. The highest BCUT2D eigenvalue weighted by Gasteiger charge is 2.30. The van der Waals surface area contributed by atoms with Crippen LogP contribution in [-0.4, -0.2) is 37.7 Å². The van der Waals surface area contributed by atoms with Gasteiger partial charge >= 0.3 is 0 Å². The van der Waals surface area contributed by atoms with Gasteiger partial charge in [-0.2, -0.15) is 0 Å². The van der Waals surface area contributed by atoms with Crippen LogP contribution in [0.2, 0.25) is 0 Å². The van der Waals surface area contributed by atoms with Gasteiger partial charge in [0, 0.05) is 13.1 Å². The van der Waals surface area contributed by atoms with Crippen LogP contribution in [0, 0.1) is 5.82 Å². The molecule has 88 valence electrons. The van der Waals surface area contributed by atoms with Crippen molar-refractivity contribution >= 4 is 0 Å². The van der Waals surface area contributed by atoms with Gasteiger partial charge in [-0.3, -0.25) is 4.90 Å². The molecule has 1 aliphatic rings. The van der Waals surface area contributed by atoms with Gasteiger partial charge in [-0.15, -0.1) is 0 Å². The Bertz CT molecular complexity index is 341. The van der Waals surface area contributed by atoms with Gasteiger partial charge in [0.15, 0.2) is 0 Å². The Balaban J connectivity index is 2.24. The van der Waals surface area contributed by atoms with Crippen molar-refractivity contribution in [2.45, 2.75) is 12.1 Å². The first kappa shape index (κ1) is 11.5. The summed E-state index contributed by atoms with van der Waals surface area (Å²) in [7, 11) is 2.04. The zero-order chi connectivity index (χ0) is 11.5. The second-order valence-electron chi connectivity index (χ2n) is 4.12. The summed E-state index contributed by atoms with van der Waals surface area (Å²) in [5.74, 6) is -0.215. The second kappa shape index (κ2) is 4.91. The molecule has 2 rings (SSSR count). The number of hydrogen-bond acceptors (Lipinski definition) is 3.